The van der Waals surface area contributed by atoms with E-state index in [1.807, 2.05) is 48.5 Å². The molecule has 0 bridgehead atoms. The first-order valence-electron chi connectivity index (χ1n) is 35.2. The second-order valence-corrected chi connectivity index (χ2v) is 30.3. The van der Waals surface area contributed by atoms with Gasteiger partial charge < -0.3 is 9.47 Å². The van der Waals surface area contributed by atoms with Crippen molar-refractivity contribution < 1.29 is 9.47 Å². The van der Waals surface area contributed by atoms with Gasteiger partial charge >= 0.3 is 0 Å². The van der Waals surface area contributed by atoms with Crippen LogP contribution in [0.3, 0.4) is 0 Å². The lowest BCUT2D eigenvalue weighted by Gasteiger charge is -2.30. The third kappa shape index (κ3) is 10.9. The zero-order chi connectivity index (χ0) is 69.8. The number of thiophene rings is 2. The summed E-state index contributed by atoms with van der Waals surface area (Å²) in [5.41, 5.74) is 27.5. The van der Waals surface area contributed by atoms with Gasteiger partial charge in [0.15, 0.2) is 12.1 Å². The van der Waals surface area contributed by atoms with E-state index in [-0.39, 0.29) is 17.5 Å². The Hall–Kier alpha value is -11.6. The molecule has 6 nitrogen and oxygen atoms in total. The van der Waals surface area contributed by atoms with Gasteiger partial charge in [-0.2, -0.15) is 0 Å². The molecular formula is C95H65ClN4O2S2. The van der Waals surface area contributed by atoms with Crippen molar-refractivity contribution in [3.8, 4) is 123 Å². The van der Waals surface area contributed by atoms with Gasteiger partial charge in [0.25, 0.3) is 0 Å². The van der Waals surface area contributed by atoms with E-state index in [1.54, 1.807) is 22.7 Å². The SMILES string of the molecule is CC1(C)OC(c2cccc(-c3cccc(-c4ccc5c6c(cccc46)-c4ccccc4-5)c3)c2)OC1(C)C.Clc1nc(-c2ccccc2)c2sc3ccccc3c2n1.c1ccc(-c2nc(-c3cccc(-c4cccc(-c5ccc6c7c(cccc57)-c5ccccc5-6)c4)c3)nc3c2sc2ccccc23)cc1. The van der Waals surface area contributed by atoms with E-state index in [9.17, 15) is 0 Å². The third-order valence-electron chi connectivity index (χ3n) is 21.1. The average Bonchev–Trinajstić information content (AvgIpc) is 1.57. The van der Waals surface area contributed by atoms with Crippen LogP contribution in [0.25, 0.3) is 185 Å². The molecule has 0 spiro atoms. The number of halogens is 1. The van der Waals surface area contributed by atoms with Crippen LogP contribution in [0, 0.1) is 0 Å². The summed E-state index contributed by atoms with van der Waals surface area (Å²) in [6, 6.07) is 112. The molecule has 3 aliphatic rings. The molecule has 18 aromatic rings. The molecule has 2 aliphatic carbocycles. The Morgan fingerprint density at radius 2 is 0.635 bits per heavy atom. The molecule has 4 aromatic heterocycles. The Morgan fingerprint density at radius 1 is 0.288 bits per heavy atom. The van der Waals surface area contributed by atoms with Gasteiger partial charge in [-0.15, -0.1) is 22.7 Å². The van der Waals surface area contributed by atoms with Gasteiger partial charge in [0.1, 0.15) is 0 Å². The first-order chi connectivity index (χ1) is 50.9. The number of benzene rings is 14. The van der Waals surface area contributed by atoms with Crippen LogP contribution in [0.5, 0.6) is 0 Å². The first kappa shape index (κ1) is 63.3. The summed E-state index contributed by atoms with van der Waals surface area (Å²) in [7, 11) is 0. The van der Waals surface area contributed by atoms with E-state index in [4.69, 9.17) is 31.0 Å². The quantitative estimate of drug-likeness (QED) is 0.141. The maximum atomic E-state index is 6.31. The number of ether oxygens (including phenoxy) is 2. The summed E-state index contributed by atoms with van der Waals surface area (Å²) in [4.78, 5) is 19.2. The van der Waals surface area contributed by atoms with Crippen molar-refractivity contribution in [2.45, 2.75) is 45.2 Å². The Balaban J connectivity index is 0.000000116. The van der Waals surface area contributed by atoms with Crippen molar-refractivity contribution in [2.24, 2.45) is 0 Å². The van der Waals surface area contributed by atoms with Crippen molar-refractivity contribution in [1.82, 2.24) is 19.9 Å². The fraction of sp³-hybridized carbons (Fsp3) is 0.0737. The normalized spacial score (nSPS) is 13.7. The summed E-state index contributed by atoms with van der Waals surface area (Å²) >= 11 is 9.59. The van der Waals surface area contributed by atoms with Crippen molar-refractivity contribution in [2.75, 3.05) is 0 Å². The summed E-state index contributed by atoms with van der Waals surface area (Å²) in [6.07, 6.45) is -0.369. The van der Waals surface area contributed by atoms with Crippen molar-refractivity contribution in [3.63, 3.8) is 0 Å². The largest absolute Gasteiger partial charge is 0.339 e. The molecule has 9 heteroatoms. The molecule has 21 rings (SSSR count). The average molecular weight is 1390 g/mol. The Kier molecular flexibility index (Phi) is 15.5. The van der Waals surface area contributed by atoms with Crippen LogP contribution in [0.1, 0.15) is 39.5 Å². The molecule has 1 saturated heterocycles. The van der Waals surface area contributed by atoms with Crippen LogP contribution in [0.4, 0.5) is 0 Å². The molecule has 0 atom stereocenters. The van der Waals surface area contributed by atoms with E-state index < -0.39 is 0 Å². The van der Waals surface area contributed by atoms with Gasteiger partial charge in [0.2, 0.25) is 5.28 Å². The Labute approximate surface area is 615 Å². The van der Waals surface area contributed by atoms with E-state index in [1.165, 1.54) is 114 Å². The first-order valence-corrected chi connectivity index (χ1v) is 37.2. The number of aromatic nitrogens is 4. The molecule has 104 heavy (non-hydrogen) atoms. The van der Waals surface area contributed by atoms with Crippen molar-refractivity contribution in [3.05, 3.63) is 326 Å². The van der Waals surface area contributed by atoms with Crippen molar-refractivity contribution in [1.29, 1.82) is 0 Å². The molecule has 5 heterocycles. The maximum absolute atomic E-state index is 6.31. The monoisotopic (exact) mass is 1390 g/mol. The van der Waals surface area contributed by atoms with E-state index >= 15 is 0 Å². The van der Waals surface area contributed by atoms with E-state index in [2.05, 4.69) is 305 Å². The number of rotatable bonds is 8. The molecule has 0 N–H and O–H groups in total. The van der Waals surface area contributed by atoms with Gasteiger partial charge in [-0.05, 0) is 186 Å². The fourth-order valence-electron chi connectivity index (χ4n) is 15.4. The molecule has 0 amide bonds. The molecule has 0 saturated carbocycles. The molecule has 0 unspecified atom stereocenters. The standard InChI is InChI=1S/C44H26N2S.C35H30O2.C16H9ClN2S/c1-2-11-27(12-3-1)41-43-42(38-19-6-7-22-39(38)47-43)46-44(45-41)31-16-9-14-29(26-31)28-13-8-15-30(25-28)32-23-24-37-34-18-5-4-17-33(34)36-21-10-20-35(32)40(36)37;1-34(2)35(3,4)37-33(36-34)25-13-8-11-23(21-25)22-10-7-12-24(20-22)26-18-19-31-28-15-6-5-14-27(28)30-17-9-16-29(26)32(30)31;17-16-18-13(10-6-2-1-3-7-10)15-14(19-16)11-8-4-5-9-12(11)20-15/h1-26H;5-21,33H,1-4H3;1-9H. The minimum atomic E-state index is -0.369. The Bertz CT molecular complexity index is 6400. The minimum absolute atomic E-state index is 0.292. The zero-order valence-electron chi connectivity index (χ0n) is 57.4. The van der Waals surface area contributed by atoms with Gasteiger partial charge in [-0.1, -0.05) is 279 Å². The maximum Gasteiger partial charge on any atom is 0.223 e. The van der Waals surface area contributed by atoms with Crippen molar-refractivity contribution >= 4 is 96.4 Å². The van der Waals surface area contributed by atoms with Crippen LogP contribution in [-0.4, -0.2) is 31.1 Å². The highest BCUT2D eigenvalue weighted by Crippen LogP contribution is 2.52. The molecule has 1 fully saturated rings. The van der Waals surface area contributed by atoms with Gasteiger partial charge in [0, 0.05) is 42.4 Å². The molecule has 0 radical (unpaired) electrons. The Morgan fingerprint density at radius 3 is 1.13 bits per heavy atom. The smallest absolute Gasteiger partial charge is 0.223 e. The summed E-state index contributed by atoms with van der Waals surface area (Å²) < 4.78 is 17.3. The lowest BCUT2D eigenvalue weighted by atomic mass is 9.90. The van der Waals surface area contributed by atoms with E-state index in [0.29, 0.717) is 5.28 Å². The fourth-order valence-corrected chi connectivity index (χ4v) is 17.9. The second-order valence-electron chi connectivity index (χ2n) is 27.8. The molecule has 14 aromatic carbocycles. The zero-order valence-corrected chi connectivity index (χ0v) is 59.8. The van der Waals surface area contributed by atoms with Crippen LogP contribution in [-0.2, 0) is 9.47 Å². The van der Waals surface area contributed by atoms with Crippen LogP contribution < -0.4 is 0 Å². The number of fused-ring (bicyclic) bond motifs is 12. The second kappa shape index (κ2) is 25.4. The highest BCUT2D eigenvalue weighted by atomic mass is 35.5. The number of hydrogen-bond acceptors (Lipinski definition) is 8. The van der Waals surface area contributed by atoms with Crippen LogP contribution in [0.2, 0.25) is 5.28 Å². The summed E-state index contributed by atoms with van der Waals surface area (Å²) in [6.45, 7) is 8.38. The van der Waals surface area contributed by atoms with Gasteiger partial charge in [0.05, 0.1) is 43.0 Å². The molecule has 496 valence electrons. The number of nitrogens with zero attached hydrogens (tertiary/aromatic N) is 4. The third-order valence-corrected chi connectivity index (χ3v) is 23.7. The van der Waals surface area contributed by atoms with Gasteiger partial charge in [-0.3, -0.25) is 0 Å². The minimum Gasteiger partial charge on any atom is -0.339 e. The summed E-state index contributed by atoms with van der Waals surface area (Å²) in [5, 5.41) is 7.89. The highest BCUT2D eigenvalue weighted by molar-refractivity contribution is 7.26. The summed E-state index contributed by atoms with van der Waals surface area (Å²) in [5.74, 6) is 0.741. The van der Waals surface area contributed by atoms with Crippen LogP contribution >= 0.6 is 34.3 Å². The lowest BCUT2D eigenvalue weighted by Crippen LogP contribution is -2.41. The molecule has 1 aliphatic heterocycles. The predicted octanol–water partition coefficient (Wildman–Crippen LogP) is 26.9. The number of hydrogen-bond donors (Lipinski definition) is 0. The topological polar surface area (TPSA) is 70.0 Å². The molecular weight excluding hydrogens is 1330 g/mol. The lowest BCUT2D eigenvalue weighted by molar-refractivity contribution is -0.0895. The predicted molar refractivity (Wildman–Crippen MR) is 436 cm³/mol. The van der Waals surface area contributed by atoms with Crippen LogP contribution in [0.15, 0.2) is 315 Å². The van der Waals surface area contributed by atoms with Gasteiger partial charge in [-0.25, -0.2) is 19.9 Å². The van der Waals surface area contributed by atoms with E-state index in [0.717, 1.165) is 76.4 Å². The highest BCUT2D eigenvalue weighted by Gasteiger charge is 2.49.